The molecule has 1 aliphatic rings. The molecule has 0 aromatic heterocycles. The first kappa shape index (κ1) is 12.8. The average Bonchev–Trinajstić information content (AvgIpc) is 2.57. The van der Waals surface area contributed by atoms with E-state index in [0.717, 1.165) is 16.7 Å². The number of rotatable bonds is 3. The SMILES string of the molecule is C=C1SC(=S)N(C(C(=O)O)c2ccccc2)C1=O. The monoisotopic (exact) mass is 279 g/mol. The third kappa shape index (κ3) is 2.16. The number of nitrogens with zero attached hydrogens (tertiary/aromatic N) is 1. The lowest BCUT2D eigenvalue weighted by atomic mass is 10.1. The minimum Gasteiger partial charge on any atom is -0.479 e. The van der Waals surface area contributed by atoms with Crippen LogP contribution in [0.3, 0.4) is 0 Å². The number of carboxylic acid groups (broad SMARTS) is 1. The fourth-order valence-corrected chi connectivity index (χ4v) is 2.85. The molecule has 18 heavy (non-hydrogen) atoms. The Hall–Kier alpha value is -1.66. The van der Waals surface area contributed by atoms with Gasteiger partial charge in [0.2, 0.25) is 0 Å². The predicted molar refractivity (Wildman–Crippen MR) is 73.0 cm³/mol. The van der Waals surface area contributed by atoms with E-state index < -0.39 is 17.9 Å². The maximum Gasteiger partial charge on any atom is 0.331 e. The minimum atomic E-state index is -1.12. The molecule has 1 aromatic rings. The van der Waals surface area contributed by atoms with Gasteiger partial charge in [0.15, 0.2) is 6.04 Å². The van der Waals surface area contributed by atoms with Crippen LogP contribution in [0.5, 0.6) is 0 Å². The van der Waals surface area contributed by atoms with Gasteiger partial charge < -0.3 is 5.11 Å². The van der Waals surface area contributed by atoms with Crippen molar-refractivity contribution in [1.82, 2.24) is 4.90 Å². The second-order valence-electron chi connectivity index (χ2n) is 3.62. The summed E-state index contributed by atoms with van der Waals surface area (Å²) in [5, 5.41) is 9.32. The van der Waals surface area contributed by atoms with Crippen LogP contribution in [0.2, 0.25) is 0 Å². The van der Waals surface area contributed by atoms with Crippen LogP contribution in [-0.4, -0.2) is 26.2 Å². The predicted octanol–water partition coefficient (Wildman–Crippen LogP) is 2.19. The molecule has 1 aromatic carbocycles. The summed E-state index contributed by atoms with van der Waals surface area (Å²) in [5.41, 5.74) is 0.510. The zero-order valence-corrected chi connectivity index (χ0v) is 10.8. The van der Waals surface area contributed by atoms with E-state index in [1.807, 2.05) is 0 Å². The smallest absolute Gasteiger partial charge is 0.331 e. The molecule has 1 unspecified atom stereocenters. The average molecular weight is 279 g/mol. The van der Waals surface area contributed by atoms with Crippen LogP contribution in [0.1, 0.15) is 11.6 Å². The fourth-order valence-electron chi connectivity index (χ4n) is 1.68. The van der Waals surface area contributed by atoms with Gasteiger partial charge in [-0.05, 0) is 5.56 Å². The Morgan fingerprint density at radius 3 is 2.44 bits per heavy atom. The number of carbonyl (C=O) groups is 2. The molecule has 1 atom stereocenters. The van der Waals surface area contributed by atoms with Gasteiger partial charge in [0.1, 0.15) is 4.32 Å². The standard InChI is InChI=1S/C12H9NO3S2/c1-7-10(14)13(12(17)18-7)9(11(15)16)8-5-3-2-4-6-8/h2-6,9H,1H2,(H,15,16). The molecule has 2 rings (SSSR count). The zero-order chi connectivity index (χ0) is 13.3. The van der Waals surface area contributed by atoms with Crippen LogP contribution in [0, 0.1) is 0 Å². The van der Waals surface area contributed by atoms with Crippen molar-refractivity contribution in [1.29, 1.82) is 0 Å². The lowest BCUT2D eigenvalue weighted by Crippen LogP contribution is -2.37. The van der Waals surface area contributed by atoms with Crippen molar-refractivity contribution >= 4 is 40.2 Å². The van der Waals surface area contributed by atoms with E-state index in [2.05, 4.69) is 6.58 Å². The molecule has 1 N–H and O–H groups in total. The Balaban J connectivity index is 2.44. The quantitative estimate of drug-likeness (QED) is 0.679. The highest BCUT2D eigenvalue weighted by Gasteiger charge is 2.40. The van der Waals surface area contributed by atoms with Gasteiger partial charge in [0, 0.05) is 0 Å². The topological polar surface area (TPSA) is 57.6 Å². The van der Waals surface area contributed by atoms with Gasteiger partial charge in [-0.1, -0.05) is 60.9 Å². The summed E-state index contributed by atoms with van der Waals surface area (Å²) in [6.07, 6.45) is 0. The summed E-state index contributed by atoms with van der Waals surface area (Å²) in [6.45, 7) is 3.56. The van der Waals surface area contributed by atoms with Crippen LogP contribution in [0.25, 0.3) is 0 Å². The Morgan fingerprint density at radius 2 is 2.00 bits per heavy atom. The van der Waals surface area contributed by atoms with Gasteiger partial charge in [-0.3, -0.25) is 9.69 Å². The number of amides is 1. The Kier molecular flexibility index (Phi) is 3.49. The molecular weight excluding hydrogens is 270 g/mol. The van der Waals surface area contributed by atoms with Crippen molar-refractivity contribution in [3.8, 4) is 0 Å². The molecule has 1 fully saturated rings. The molecule has 0 aliphatic carbocycles. The lowest BCUT2D eigenvalue weighted by molar-refractivity contribution is -0.145. The molecule has 92 valence electrons. The number of carbonyl (C=O) groups excluding carboxylic acids is 1. The molecular formula is C12H9NO3S2. The first-order chi connectivity index (χ1) is 8.52. The van der Waals surface area contributed by atoms with E-state index in [0.29, 0.717) is 5.56 Å². The molecule has 0 saturated carbocycles. The van der Waals surface area contributed by atoms with Crippen molar-refractivity contribution < 1.29 is 14.7 Å². The molecule has 0 spiro atoms. The van der Waals surface area contributed by atoms with E-state index in [1.54, 1.807) is 30.3 Å². The molecule has 1 heterocycles. The summed E-state index contributed by atoms with van der Waals surface area (Å²) in [4.78, 5) is 24.6. The third-order valence-corrected chi connectivity index (χ3v) is 3.71. The fraction of sp³-hybridized carbons (Fsp3) is 0.0833. The number of thiocarbonyl (C=S) groups is 1. The van der Waals surface area contributed by atoms with Gasteiger partial charge in [0.05, 0.1) is 4.91 Å². The second-order valence-corrected chi connectivity index (χ2v) is 5.35. The highest BCUT2D eigenvalue weighted by atomic mass is 32.2. The first-order valence-corrected chi connectivity index (χ1v) is 6.27. The van der Waals surface area contributed by atoms with Crippen LogP contribution in [0.15, 0.2) is 41.8 Å². The second kappa shape index (κ2) is 4.91. The van der Waals surface area contributed by atoms with Crippen molar-refractivity contribution in [3.63, 3.8) is 0 Å². The van der Waals surface area contributed by atoms with Gasteiger partial charge in [-0.25, -0.2) is 4.79 Å². The number of hydrogen-bond acceptors (Lipinski definition) is 4. The van der Waals surface area contributed by atoms with Crippen molar-refractivity contribution in [3.05, 3.63) is 47.4 Å². The Morgan fingerprint density at radius 1 is 1.39 bits per heavy atom. The highest BCUT2D eigenvalue weighted by molar-refractivity contribution is 8.26. The van der Waals surface area contributed by atoms with E-state index >= 15 is 0 Å². The summed E-state index contributed by atoms with van der Waals surface area (Å²) in [6, 6.07) is 7.42. The summed E-state index contributed by atoms with van der Waals surface area (Å²) < 4.78 is 0.223. The van der Waals surface area contributed by atoms with E-state index in [4.69, 9.17) is 12.2 Å². The van der Waals surface area contributed by atoms with Gasteiger partial charge in [-0.15, -0.1) is 0 Å². The highest BCUT2D eigenvalue weighted by Crippen LogP contribution is 2.36. The van der Waals surface area contributed by atoms with Crippen molar-refractivity contribution in [2.45, 2.75) is 6.04 Å². The molecule has 1 saturated heterocycles. The number of hydrogen-bond donors (Lipinski definition) is 1. The Labute approximate surface area is 113 Å². The Bertz CT molecular complexity index is 542. The van der Waals surface area contributed by atoms with Crippen LogP contribution in [-0.2, 0) is 9.59 Å². The normalized spacial score (nSPS) is 17.1. The molecule has 4 nitrogen and oxygen atoms in total. The molecule has 1 amide bonds. The zero-order valence-electron chi connectivity index (χ0n) is 9.20. The number of thioether (sulfide) groups is 1. The lowest BCUT2D eigenvalue weighted by Gasteiger charge is -2.23. The minimum absolute atomic E-state index is 0.223. The number of benzene rings is 1. The van der Waals surface area contributed by atoms with E-state index in [1.165, 1.54) is 0 Å². The number of aliphatic carboxylic acids is 1. The van der Waals surface area contributed by atoms with Crippen LogP contribution in [0.4, 0.5) is 0 Å². The number of carboxylic acids is 1. The van der Waals surface area contributed by atoms with Gasteiger partial charge >= 0.3 is 5.97 Å². The first-order valence-electron chi connectivity index (χ1n) is 5.04. The third-order valence-electron chi connectivity index (χ3n) is 2.47. The van der Waals surface area contributed by atoms with Crippen molar-refractivity contribution in [2.24, 2.45) is 0 Å². The molecule has 1 aliphatic heterocycles. The maximum absolute atomic E-state index is 11.9. The van der Waals surface area contributed by atoms with Crippen LogP contribution < -0.4 is 0 Å². The van der Waals surface area contributed by atoms with Gasteiger partial charge in [0.25, 0.3) is 5.91 Å². The van der Waals surface area contributed by atoms with Crippen LogP contribution >= 0.6 is 24.0 Å². The summed E-state index contributed by atoms with van der Waals surface area (Å²) >= 11 is 6.06. The molecule has 0 radical (unpaired) electrons. The van der Waals surface area contributed by atoms with E-state index in [9.17, 15) is 14.7 Å². The van der Waals surface area contributed by atoms with E-state index in [-0.39, 0.29) is 9.23 Å². The maximum atomic E-state index is 11.9. The van der Waals surface area contributed by atoms with Gasteiger partial charge in [-0.2, -0.15) is 0 Å². The van der Waals surface area contributed by atoms with Crippen molar-refractivity contribution in [2.75, 3.05) is 0 Å². The molecule has 0 bridgehead atoms. The summed E-state index contributed by atoms with van der Waals surface area (Å²) in [5.74, 6) is -1.56. The largest absolute Gasteiger partial charge is 0.479 e. The summed E-state index contributed by atoms with van der Waals surface area (Å²) in [7, 11) is 0. The molecule has 6 heteroatoms.